The van der Waals surface area contributed by atoms with E-state index >= 15 is 0 Å². The van der Waals surface area contributed by atoms with Gasteiger partial charge in [0.2, 0.25) is 5.91 Å². The molecule has 1 rings (SSSR count). The van der Waals surface area contributed by atoms with Gasteiger partial charge in [-0.05, 0) is 5.88 Å². The molecule has 1 radical (unpaired) electrons. The van der Waals surface area contributed by atoms with Gasteiger partial charge in [-0.15, -0.1) is 5.34 Å². The van der Waals surface area contributed by atoms with Gasteiger partial charge >= 0.3 is 22.8 Å². The maximum absolute atomic E-state index is 11.7. The first kappa shape index (κ1) is 24.5. The molecule has 0 atom stereocenters. The molecular weight excluding hydrogens is 352 g/mol. The Bertz CT molecular complexity index is 651. The van der Waals surface area contributed by atoms with Crippen molar-refractivity contribution in [3.8, 4) is 5.88 Å². The van der Waals surface area contributed by atoms with Crippen LogP contribution in [0.1, 0.15) is 12.5 Å². The first-order valence-electron chi connectivity index (χ1n) is 5.04. The summed E-state index contributed by atoms with van der Waals surface area (Å²) >= 11 is 0. The molecule has 1 aromatic rings. The van der Waals surface area contributed by atoms with Crippen molar-refractivity contribution in [2.75, 3.05) is 0 Å². The van der Waals surface area contributed by atoms with E-state index in [2.05, 4.69) is 10.5 Å². The molecular formula is C9H14CuN6O6. The Labute approximate surface area is 134 Å². The number of rotatable bonds is 2. The number of aromatic nitrogens is 2. The van der Waals surface area contributed by atoms with E-state index in [4.69, 9.17) is 15.5 Å². The Hall–Kier alpha value is -2.50. The van der Waals surface area contributed by atoms with E-state index in [0.29, 0.717) is 0 Å². The topological polar surface area (TPSA) is 199 Å². The van der Waals surface area contributed by atoms with Gasteiger partial charge in [-0.2, -0.15) is 5.10 Å². The summed E-state index contributed by atoms with van der Waals surface area (Å²) in [5, 5.41) is 31.8. The van der Waals surface area contributed by atoms with Crippen molar-refractivity contribution in [2.45, 2.75) is 6.92 Å². The summed E-state index contributed by atoms with van der Waals surface area (Å²) in [6.07, 6.45) is 1.05. The average Bonchev–Trinajstić information content (AvgIpc) is 2.39. The van der Waals surface area contributed by atoms with E-state index in [9.17, 15) is 14.7 Å². The van der Waals surface area contributed by atoms with Gasteiger partial charge in [0.25, 0.3) is 0 Å². The van der Waals surface area contributed by atoms with Crippen LogP contribution in [0.3, 0.4) is 0 Å². The summed E-state index contributed by atoms with van der Waals surface area (Å²) in [6.45, 7) is 1.26. The summed E-state index contributed by atoms with van der Waals surface area (Å²) in [7, 11) is 2.68. The van der Waals surface area contributed by atoms with E-state index in [-0.39, 0.29) is 33.6 Å². The number of hydrogen-bond acceptors (Lipinski definition) is 8. The molecule has 0 aliphatic carbocycles. The summed E-state index contributed by atoms with van der Waals surface area (Å²) in [5.41, 5.74) is 1.20. The minimum Gasteiger partial charge on any atom is -0.859 e. The SMILES string of the molecule is CC(=O)N/N=C/c1c([O-])n(C)c(=O)n(C)c1=N.O.O=N[O-].[Cu+2]. The summed E-state index contributed by atoms with van der Waals surface area (Å²) in [4.78, 5) is 30.0. The maximum atomic E-state index is 11.7. The van der Waals surface area contributed by atoms with Crippen molar-refractivity contribution in [3.05, 3.63) is 31.6 Å². The van der Waals surface area contributed by atoms with Crippen molar-refractivity contribution in [1.29, 1.82) is 5.41 Å². The van der Waals surface area contributed by atoms with Crippen LogP contribution in [0.15, 0.2) is 15.2 Å². The molecule has 0 aromatic carbocycles. The second-order valence-corrected chi connectivity index (χ2v) is 3.47. The minimum absolute atomic E-state index is 0. The number of nitrogens with one attached hydrogen (secondary N) is 2. The standard InChI is InChI=1S/C9H13N5O3.Cu.HNO2.H2O/c1-5(15)12-11-4-6-7(10)13(2)9(17)14(3)8(6)16;;2-1-3;/h4,10,16H,1-3H3,(H,12,15);;(H,2,3);1H2/q;+2;;/p-2/b10-7?,11-4+;;;. The van der Waals surface area contributed by atoms with E-state index in [1.54, 1.807) is 0 Å². The van der Waals surface area contributed by atoms with E-state index < -0.39 is 17.5 Å². The number of nitrogens with zero attached hydrogens (tertiary/aromatic N) is 4. The molecule has 0 bridgehead atoms. The molecule has 1 heterocycles. The van der Waals surface area contributed by atoms with Crippen LogP contribution in [0.4, 0.5) is 0 Å². The number of hydrazone groups is 1. The van der Waals surface area contributed by atoms with Crippen molar-refractivity contribution in [1.82, 2.24) is 14.6 Å². The molecule has 0 aliphatic heterocycles. The van der Waals surface area contributed by atoms with Crippen molar-refractivity contribution >= 4 is 12.1 Å². The van der Waals surface area contributed by atoms with Crippen LogP contribution in [0.25, 0.3) is 0 Å². The normalized spacial score (nSPS) is 8.86. The average molecular weight is 366 g/mol. The molecule has 1 amide bonds. The van der Waals surface area contributed by atoms with Crippen LogP contribution in [0.2, 0.25) is 0 Å². The fourth-order valence-electron chi connectivity index (χ4n) is 1.17. The first-order chi connectivity index (χ1) is 9.27. The van der Waals surface area contributed by atoms with Crippen LogP contribution in [-0.4, -0.2) is 26.7 Å². The molecule has 13 heteroatoms. The predicted molar refractivity (Wildman–Crippen MR) is 70.1 cm³/mol. The predicted octanol–water partition coefficient (Wildman–Crippen LogP) is -2.83. The zero-order valence-electron chi connectivity index (χ0n) is 11.7. The van der Waals surface area contributed by atoms with Gasteiger partial charge in [0.1, 0.15) is 5.49 Å². The fourth-order valence-corrected chi connectivity index (χ4v) is 1.17. The van der Waals surface area contributed by atoms with Crippen molar-refractivity contribution in [3.63, 3.8) is 0 Å². The Morgan fingerprint density at radius 2 is 1.82 bits per heavy atom. The largest absolute Gasteiger partial charge is 2.00 e. The van der Waals surface area contributed by atoms with Crippen molar-refractivity contribution < 1.29 is 32.4 Å². The van der Waals surface area contributed by atoms with Crippen LogP contribution in [0, 0.1) is 15.5 Å². The Balaban J connectivity index is -0.000000666. The van der Waals surface area contributed by atoms with E-state index in [0.717, 1.165) is 20.7 Å². The zero-order chi connectivity index (χ0) is 15.9. The first-order valence-corrected chi connectivity index (χ1v) is 5.04. The third-order valence-electron chi connectivity index (χ3n) is 2.12. The summed E-state index contributed by atoms with van der Waals surface area (Å²) in [6, 6.07) is 0. The van der Waals surface area contributed by atoms with E-state index in [1.807, 2.05) is 0 Å². The van der Waals surface area contributed by atoms with Gasteiger partial charge < -0.3 is 25.3 Å². The summed E-state index contributed by atoms with van der Waals surface area (Å²) in [5.74, 6) is -1.03. The van der Waals surface area contributed by atoms with Gasteiger partial charge in [-0.1, -0.05) is 0 Å². The third kappa shape index (κ3) is 6.30. The molecule has 1 aromatic heterocycles. The second kappa shape index (κ2) is 11.2. The molecule has 0 aliphatic rings. The molecule has 12 nitrogen and oxygen atoms in total. The third-order valence-corrected chi connectivity index (χ3v) is 2.12. The minimum atomic E-state index is -0.632. The molecule has 0 fully saturated rings. The van der Waals surface area contributed by atoms with Gasteiger partial charge in [-0.3, -0.25) is 14.8 Å². The van der Waals surface area contributed by atoms with Crippen LogP contribution < -0.4 is 21.7 Å². The molecule has 0 saturated heterocycles. The molecule has 22 heavy (non-hydrogen) atoms. The maximum Gasteiger partial charge on any atom is 2.00 e. The number of carbonyl (C=O) groups is 1. The molecule has 4 N–H and O–H groups in total. The second-order valence-electron chi connectivity index (χ2n) is 3.47. The number of hydrogen-bond donors (Lipinski definition) is 2. The Morgan fingerprint density at radius 1 is 1.36 bits per heavy atom. The monoisotopic (exact) mass is 365 g/mol. The fraction of sp³-hybridized carbons (Fsp3) is 0.333. The quantitative estimate of drug-likeness (QED) is 0.245. The Kier molecular flexibility index (Phi) is 12.5. The molecule has 0 unspecified atom stereocenters. The van der Waals surface area contributed by atoms with Crippen LogP contribution in [-0.2, 0) is 36.0 Å². The molecule has 127 valence electrons. The van der Waals surface area contributed by atoms with Gasteiger partial charge in [-0.25, -0.2) is 10.2 Å². The van der Waals surface area contributed by atoms with Gasteiger partial charge in [0.05, 0.1) is 6.21 Å². The van der Waals surface area contributed by atoms with Crippen LogP contribution in [0.5, 0.6) is 5.88 Å². The molecule has 0 spiro atoms. The number of amides is 1. The van der Waals surface area contributed by atoms with Crippen LogP contribution >= 0.6 is 0 Å². The van der Waals surface area contributed by atoms with E-state index in [1.165, 1.54) is 21.0 Å². The number of carbonyl (C=O) groups excluding carboxylic acids is 1. The smallest absolute Gasteiger partial charge is 0.859 e. The van der Waals surface area contributed by atoms with Gasteiger partial charge in [0.15, 0.2) is 0 Å². The Morgan fingerprint density at radius 3 is 2.23 bits per heavy atom. The van der Waals surface area contributed by atoms with Crippen molar-refractivity contribution in [2.24, 2.45) is 24.5 Å². The molecule has 0 saturated carbocycles. The van der Waals surface area contributed by atoms with Gasteiger partial charge in [0, 0.05) is 26.6 Å². The zero-order valence-corrected chi connectivity index (χ0v) is 12.7. The summed E-state index contributed by atoms with van der Waals surface area (Å²) < 4.78 is 1.88.